The summed E-state index contributed by atoms with van der Waals surface area (Å²) in [6.07, 6.45) is 2.66. The van der Waals surface area contributed by atoms with E-state index in [-0.39, 0.29) is 17.7 Å². The van der Waals surface area contributed by atoms with Crippen molar-refractivity contribution in [3.8, 4) is 0 Å². The van der Waals surface area contributed by atoms with E-state index in [9.17, 15) is 9.59 Å². The molecule has 6 nitrogen and oxygen atoms in total. The van der Waals surface area contributed by atoms with Gasteiger partial charge in [0.1, 0.15) is 4.88 Å². The van der Waals surface area contributed by atoms with Crippen LogP contribution in [0.2, 0.25) is 0 Å². The molecule has 142 valence electrons. The summed E-state index contributed by atoms with van der Waals surface area (Å²) in [4.78, 5) is 30.0. The lowest BCUT2D eigenvalue weighted by Gasteiger charge is -2.34. The molecule has 2 atom stereocenters. The minimum absolute atomic E-state index is 0.00846. The smallest absolute Gasteiger partial charge is 0.267 e. The zero-order valence-electron chi connectivity index (χ0n) is 15.5. The Morgan fingerprint density at radius 3 is 2.52 bits per heavy atom. The van der Waals surface area contributed by atoms with Gasteiger partial charge in [-0.05, 0) is 35.9 Å². The van der Waals surface area contributed by atoms with Crippen molar-refractivity contribution in [2.75, 3.05) is 26.2 Å². The first-order valence-electron chi connectivity index (χ1n) is 9.63. The number of aryl methyl sites for hydroxylation is 1. The number of rotatable bonds is 5. The second-order valence-electron chi connectivity index (χ2n) is 7.28. The number of carbonyl (C=O) groups is 2. The largest absolute Gasteiger partial charge is 0.339 e. The van der Waals surface area contributed by atoms with Crippen molar-refractivity contribution >= 4 is 23.3 Å². The van der Waals surface area contributed by atoms with Gasteiger partial charge in [0.2, 0.25) is 5.91 Å². The summed E-state index contributed by atoms with van der Waals surface area (Å²) in [7, 11) is 0. The van der Waals surface area contributed by atoms with Crippen LogP contribution in [-0.2, 0) is 11.2 Å². The summed E-state index contributed by atoms with van der Waals surface area (Å²) in [6, 6.07) is 10.3. The third kappa shape index (κ3) is 3.74. The van der Waals surface area contributed by atoms with Crippen molar-refractivity contribution < 1.29 is 9.59 Å². The molecule has 1 aliphatic carbocycles. The Labute approximate surface area is 163 Å². The van der Waals surface area contributed by atoms with Gasteiger partial charge in [-0.2, -0.15) is 0 Å². The van der Waals surface area contributed by atoms with E-state index in [0.29, 0.717) is 37.0 Å². The molecule has 2 aromatic rings. The Morgan fingerprint density at radius 2 is 1.81 bits per heavy atom. The molecule has 0 N–H and O–H groups in total. The fraction of sp³-hybridized carbons (Fsp3) is 0.500. The lowest BCUT2D eigenvalue weighted by Crippen LogP contribution is -2.51. The maximum atomic E-state index is 12.8. The second kappa shape index (κ2) is 7.76. The van der Waals surface area contributed by atoms with E-state index in [4.69, 9.17) is 0 Å². The van der Waals surface area contributed by atoms with E-state index in [1.807, 2.05) is 28.0 Å². The number of hydrogen-bond donors (Lipinski definition) is 0. The zero-order valence-corrected chi connectivity index (χ0v) is 16.3. The molecule has 27 heavy (non-hydrogen) atoms. The van der Waals surface area contributed by atoms with E-state index in [0.717, 1.165) is 25.0 Å². The highest BCUT2D eigenvalue weighted by Gasteiger charge is 2.46. The molecule has 4 rings (SSSR count). The van der Waals surface area contributed by atoms with Gasteiger partial charge in [0, 0.05) is 32.1 Å². The van der Waals surface area contributed by atoms with Crippen molar-refractivity contribution in [3.05, 3.63) is 46.5 Å². The first-order chi connectivity index (χ1) is 13.2. The van der Waals surface area contributed by atoms with Gasteiger partial charge >= 0.3 is 0 Å². The molecule has 1 aliphatic heterocycles. The number of amides is 2. The standard InChI is InChI=1S/C20H24N4O2S/c1-2-6-17-18(27-22-21-17)20(26)24-11-9-23(10-12-24)19(25)16-13-15(16)14-7-4-3-5-8-14/h3-5,7-8,15-16H,2,6,9-13H2,1H3. The van der Waals surface area contributed by atoms with Crippen LogP contribution in [0.1, 0.15) is 46.6 Å². The molecule has 2 unspecified atom stereocenters. The molecule has 1 aromatic heterocycles. The van der Waals surface area contributed by atoms with Crippen molar-refractivity contribution in [2.24, 2.45) is 5.92 Å². The van der Waals surface area contributed by atoms with Gasteiger partial charge in [-0.1, -0.05) is 48.2 Å². The Kier molecular flexibility index (Phi) is 5.20. The SMILES string of the molecule is CCCc1nnsc1C(=O)N1CCN(C(=O)C2CC2c2ccccc2)CC1. The number of nitrogens with zero attached hydrogens (tertiary/aromatic N) is 4. The lowest BCUT2D eigenvalue weighted by atomic mass is 10.1. The van der Waals surface area contributed by atoms with Crippen molar-refractivity contribution in [1.29, 1.82) is 0 Å². The molecule has 0 bridgehead atoms. The van der Waals surface area contributed by atoms with Crippen LogP contribution in [0.25, 0.3) is 0 Å². The molecule has 1 aromatic carbocycles. The fourth-order valence-corrected chi connectivity index (χ4v) is 4.49. The molecular formula is C20H24N4O2S. The average molecular weight is 385 g/mol. The molecule has 0 spiro atoms. The average Bonchev–Trinajstić information content (AvgIpc) is 3.39. The third-order valence-electron chi connectivity index (χ3n) is 5.45. The highest BCUT2D eigenvalue weighted by Crippen LogP contribution is 2.48. The van der Waals surface area contributed by atoms with Crippen molar-refractivity contribution in [2.45, 2.75) is 32.1 Å². The molecule has 1 saturated heterocycles. The van der Waals surface area contributed by atoms with Gasteiger partial charge in [0.15, 0.2) is 0 Å². The van der Waals surface area contributed by atoms with Crippen LogP contribution >= 0.6 is 11.5 Å². The molecule has 1 saturated carbocycles. The molecule has 2 amide bonds. The summed E-state index contributed by atoms with van der Waals surface area (Å²) in [6.45, 7) is 4.45. The number of carbonyl (C=O) groups excluding carboxylic acids is 2. The third-order valence-corrected chi connectivity index (χ3v) is 6.21. The zero-order chi connectivity index (χ0) is 18.8. The van der Waals surface area contributed by atoms with Crippen LogP contribution in [-0.4, -0.2) is 57.4 Å². The van der Waals surface area contributed by atoms with Crippen LogP contribution in [0.5, 0.6) is 0 Å². The molecule has 0 radical (unpaired) electrons. The Balaban J connectivity index is 1.32. The van der Waals surface area contributed by atoms with E-state index in [1.165, 1.54) is 17.1 Å². The first-order valence-corrected chi connectivity index (χ1v) is 10.4. The summed E-state index contributed by atoms with van der Waals surface area (Å²) in [5.74, 6) is 0.714. The minimum atomic E-state index is 0.00846. The fourth-order valence-electron chi connectivity index (χ4n) is 3.82. The van der Waals surface area contributed by atoms with Crippen molar-refractivity contribution in [1.82, 2.24) is 19.4 Å². The molecular weight excluding hydrogens is 360 g/mol. The Hall–Kier alpha value is -2.28. The number of benzene rings is 1. The predicted molar refractivity (Wildman–Crippen MR) is 104 cm³/mol. The Morgan fingerprint density at radius 1 is 1.11 bits per heavy atom. The molecule has 2 aliphatic rings. The highest BCUT2D eigenvalue weighted by atomic mass is 32.1. The predicted octanol–water partition coefficient (Wildman–Crippen LogP) is 2.58. The van der Waals surface area contributed by atoms with Crippen LogP contribution in [0.3, 0.4) is 0 Å². The summed E-state index contributed by atoms with van der Waals surface area (Å²) >= 11 is 1.18. The quantitative estimate of drug-likeness (QED) is 0.795. The molecule has 7 heteroatoms. The monoisotopic (exact) mass is 384 g/mol. The van der Waals surface area contributed by atoms with Crippen molar-refractivity contribution in [3.63, 3.8) is 0 Å². The maximum Gasteiger partial charge on any atom is 0.267 e. The lowest BCUT2D eigenvalue weighted by molar-refractivity contribution is -0.134. The van der Waals surface area contributed by atoms with Crippen LogP contribution in [0.15, 0.2) is 30.3 Å². The van der Waals surface area contributed by atoms with Gasteiger partial charge < -0.3 is 9.80 Å². The van der Waals surface area contributed by atoms with Crippen LogP contribution in [0.4, 0.5) is 0 Å². The molecule has 2 heterocycles. The van der Waals surface area contributed by atoms with E-state index in [1.54, 1.807) is 0 Å². The number of hydrogen-bond acceptors (Lipinski definition) is 5. The molecule has 2 fully saturated rings. The summed E-state index contributed by atoms with van der Waals surface area (Å²) in [5.41, 5.74) is 2.06. The number of aromatic nitrogens is 2. The van der Waals surface area contributed by atoms with Gasteiger partial charge in [-0.25, -0.2) is 0 Å². The van der Waals surface area contributed by atoms with Gasteiger partial charge in [0.25, 0.3) is 5.91 Å². The first kappa shape index (κ1) is 18.1. The van der Waals surface area contributed by atoms with Crippen LogP contribution in [0, 0.1) is 5.92 Å². The normalized spacial score (nSPS) is 22.0. The topological polar surface area (TPSA) is 66.4 Å². The second-order valence-corrected chi connectivity index (χ2v) is 8.03. The van der Waals surface area contributed by atoms with Gasteiger partial charge in [-0.15, -0.1) is 5.10 Å². The number of piperazine rings is 1. The van der Waals surface area contributed by atoms with E-state index >= 15 is 0 Å². The maximum absolute atomic E-state index is 12.8. The van der Waals surface area contributed by atoms with E-state index in [2.05, 4.69) is 28.6 Å². The van der Waals surface area contributed by atoms with Gasteiger partial charge in [0.05, 0.1) is 5.69 Å². The summed E-state index contributed by atoms with van der Waals surface area (Å²) < 4.78 is 3.95. The Bertz CT molecular complexity index is 814. The van der Waals surface area contributed by atoms with Crippen LogP contribution < -0.4 is 0 Å². The highest BCUT2D eigenvalue weighted by molar-refractivity contribution is 7.08. The van der Waals surface area contributed by atoms with Gasteiger partial charge in [-0.3, -0.25) is 9.59 Å². The minimum Gasteiger partial charge on any atom is -0.339 e. The van der Waals surface area contributed by atoms with E-state index < -0.39 is 0 Å². The summed E-state index contributed by atoms with van der Waals surface area (Å²) in [5, 5.41) is 4.09.